The Morgan fingerprint density at radius 1 is 1.23 bits per heavy atom. The number of carbonyl (C=O) groups excluding carboxylic acids is 1. The van der Waals surface area contributed by atoms with Crippen molar-refractivity contribution < 1.29 is 14.3 Å². The van der Waals surface area contributed by atoms with Crippen molar-refractivity contribution in [3.8, 4) is 0 Å². The van der Waals surface area contributed by atoms with E-state index < -0.39 is 0 Å². The number of fused-ring (bicyclic) bond motifs is 1. The summed E-state index contributed by atoms with van der Waals surface area (Å²) in [4.78, 5) is 14.7. The van der Waals surface area contributed by atoms with E-state index in [2.05, 4.69) is 5.10 Å². The molecule has 2 aromatic rings. The molecule has 0 aliphatic carbocycles. The Hall–Kier alpha value is -1.92. The van der Waals surface area contributed by atoms with Crippen LogP contribution in [-0.2, 0) is 20.8 Å². The van der Waals surface area contributed by atoms with Crippen molar-refractivity contribution in [1.29, 1.82) is 0 Å². The molecule has 0 saturated carbocycles. The SMILES string of the molecule is O=C(Cn1cc2ccccc2n1)N1CCOCC12CCOC2. The summed E-state index contributed by atoms with van der Waals surface area (Å²) in [6.07, 6.45) is 2.77. The van der Waals surface area contributed by atoms with E-state index in [0.29, 0.717) is 33.0 Å². The van der Waals surface area contributed by atoms with E-state index in [-0.39, 0.29) is 18.0 Å². The van der Waals surface area contributed by atoms with E-state index in [0.717, 1.165) is 17.3 Å². The van der Waals surface area contributed by atoms with Crippen LogP contribution in [0.4, 0.5) is 0 Å². The molecule has 2 aliphatic heterocycles. The second-order valence-corrected chi connectivity index (χ2v) is 6.01. The Kier molecular flexibility index (Phi) is 3.35. The summed E-state index contributed by atoms with van der Waals surface area (Å²) in [5.41, 5.74) is 0.637. The van der Waals surface area contributed by atoms with Gasteiger partial charge in [0.15, 0.2) is 0 Å². The van der Waals surface area contributed by atoms with Gasteiger partial charge in [0.05, 0.1) is 30.9 Å². The fraction of sp³-hybridized carbons (Fsp3) is 0.500. The molecule has 116 valence electrons. The van der Waals surface area contributed by atoms with E-state index >= 15 is 0 Å². The number of rotatable bonds is 2. The summed E-state index contributed by atoms with van der Waals surface area (Å²) in [7, 11) is 0. The van der Waals surface area contributed by atoms with E-state index in [9.17, 15) is 4.79 Å². The van der Waals surface area contributed by atoms with Crippen molar-refractivity contribution in [3.63, 3.8) is 0 Å². The van der Waals surface area contributed by atoms with Gasteiger partial charge >= 0.3 is 0 Å². The molecule has 6 nitrogen and oxygen atoms in total. The summed E-state index contributed by atoms with van der Waals surface area (Å²) < 4.78 is 12.8. The monoisotopic (exact) mass is 301 g/mol. The van der Waals surface area contributed by atoms with Crippen LogP contribution >= 0.6 is 0 Å². The van der Waals surface area contributed by atoms with Crippen LogP contribution in [0.2, 0.25) is 0 Å². The lowest BCUT2D eigenvalue weighted by Gasteiger charge is -2.43. The standard InChI is InChI=1S/C16H19N3O3/c20-15(10-18-9-13-3-1-2-4-14(13)17-18)19-6-8-22-12-16(19)5-7-21-11-16/h1-4,9H,5-8,10-12H2. The molecule has 1 aromatic heterocycles. The molecule has 3 heterocycles. The van der Waals surface area contributed by atoms with Gasteiger partial charge < -0.3 is 14.4 Å². The van der Waals surface area contributed by atoms with Gasteiger partial charge in [-0.05, 0) is 12.5 Å². The van der Waals surface area contributed by atoms with Gasteiger partial charge in [0.2, 0.25) is 5.91 Å². The largest absolute Gasteiger partial charge is 0.379 e. The molecule has 1 amide bonds. The minimum Gasteiger partial charge on any atom is -0.379 e. The molecule has 0 bridgehead atoms. The Morgan fingerprint density at radius 3 is 2.86 bits per heavy atom. The molecule has 1 spiro atoms. The van der Waals surface area contributed by atoms with Crippen LogP contribution < -0.4 is 0 Å². The third kappa shape index (κ3) is 2.28. The van der Waals surface area contributed by atoms with Crippen molar-refractivity contribution in [3.05, 3.63) is 30.5 Å². The number of hydrogen-bond acceptors (Lipinski definition) is 4. The van der Waals surface area contributed by atoms with E-state index in [1.807, 2.05) is 35.4 Å². The van der Waals surface area contributed by atoms with Crippen LogP contribution in [0, 0.1) is 0 Å². The number of nitrogens with zero attached hydrogens (tertiary/aromatic N) is 3. The highest BCUT2D eigenvalue weighted by atomic mass is 16.5. The molecule has 4 rings (SSSR count). The molecular weight excluding hydrogens is 282 g/mol. The number of hydrogen-bond donors (Lipinski definition) is 0. The third-order valence-electron chi connectivity index (χ3n) is 4.54. The topological polar surface area (TPSA) is 56.6 Å². The number of benzene rings is 1. The smallest absolute Gasteiger partial charge is 0.245 e. The lowest BCUT2D eigenvalue weighted by Crippen LogP contribution is -2.60. The van der Waals surface area contributed by atoms with Gasteiger partial charge in [0.1, 0.15) is 6.54 Å². The lowest BCUT2D eigenvalue weighted by molar-refractivity contribution is -0.150. The fourth-order valence-corrected chi connectivity index (χ4v) is 3.37. The Labute approximate surface area is 128 Å². The first kappa shape index (κ1) is 13.7. The average molecular weight is 301 g/mol. The summed E-state index contributed by atoms with van der Waals surface area (Å²) in [5.74, 6) is 0.0848. The van der Waals surface area contributed by atoms with Gasteiger partial charge in [-0.2, -0.15) is 5.10 Å². The maximum absolute atomic E-state index is 12.8. The maximum atomic E-state index is 12.8. The molecule has 1 atom stereocenters. The molecule has 2 saturated heterocycles. The first-order valence-electron chi connectivity index (χ1n) is 7.65. The second-order valence-electron chi connectivity index (χ2n) is 6.01. The molecule has 22 heavy (non-hydrogen) atoms. The first-order chi connectivity index (χ1) is 10.8. The van der Waals surface area contributed by atoms with Crippen LogP contribution in [0.5, 0.6) is 0 Å². The van der Waals surface area contributed by atoms with Crippen molar-refractivity contribution in [2.45, 2.75) is 18.5 Å². The van der Waals surface area contributed by atoms with Crippen molar-refractivity contribution in [2.75, 3.05) is 33.0 Å². The van der Waals surface area contributed by atoms with Gasteiger partial charge in [0, 0.05) is 24.7 Å². The molecule has 1 unspecified atom stereocenters. The zero-order chi connectivity index (χ0) is 15.0. The molecule has 2 fully saturated rings. The van der Waals surface area contributed by atoms with E-state index in [1.165, 1.54) is 0 Å². The van der Waals surface area contributed by atoms with Crippen molar-refractivity contribution in [2.24, 2.45) is 0 Å². The quantitative estimate of drug-likeness (QED) is 0.832. The minimum absolute atomic E-state index is 0.0848. The van der Waals surface area contributed by atoms with Crippen LogP contribution in [0.1, 0.15) is 6.42 Å². The van der Waals surface area contributed by atoms with Gasteiger partial charge in [-0.1, -0.05) is 18.2 Å². The number of amides is 1. The van der Waals surface area contributed by atoms with Gasteiger partial charge in [-0.3, -0.25) is 9.48 Å². The minimum atomic E-state index is -0.276. The molecular formula is C16H19N3O3. The lowest BCUT2D eigenvalue weighted by atomic mass is 9.95. The third-order valence-corrected chi connectivity index (χ3v) is 4.54. The molecule has 0 radical (unpaired) electrons. The van der Waals surface area contributed by atoms with Crippen molar-refractivity contribution in [1.82, 2.24) is 14.7 Å². The highest BCUT2D eigenvalue weighted by Crippen LogP contribution is 2.29. The normalized spacial score (nSPS) is 25.2. The predicted molar refractivity (Wildman–Crippen MR) is 80.4 cm³/mol. The molecule has 2 aliphatic rings. The Balaban J connectivity index is 1.55. The summed E-state index contributed by atoms with van der Waals surface area (Å²) in [6.45, 7) is 3.31. The highest BCUT2D eigenvalue weighted by molar-refractivity contribution is 5.80. The highest BCUT2D eigenvalue weighted by Gasteiger charge is 2.45. The van der Waals surface area contributed by atoms with Crippen LogP contribution in [0.15, 0.2) is 30.5 Å². The number of aromatic nitrogens is 2. The number of ether oxygens (including phenoxy) is 2. The number of morpholine rings is 1. The van der Waals surface area contributed by atoms with Gasteiger partial charge in [-0.25, -0.2) is 0 Å². The second kappa shape index (κ2) is 5.37. The summed E-state index contributed by atoms with van der Waals surface area (Å²) in [6, 6.07) is 7.89. The Morgan fingerprint density at radius 2 is 2.05 bits per heavy atom. The molecule has 6 heteroatoms. The van der Waals surface area contributed by atoms with Gasteiger partial charge in [-0.15, -0.1) is 0 Å². The molecule has 1 aromatic carbocycles. The first-order valence-corrected chi connectivity index (χ1v) is 7.65. The predicted octanol–water partition coefficient (Wildman–Crippen LogP) is 1.05. The zero-order valence-corrected chi connectivity index (χ0v) is 12.4. The van der Waals surface area contributed by atoms with Crippen LogP contribution in [0.25, 0.3) is 10.9 Å². The summed E-state index contributed by atoms with van der Waals surface area (Å²) >= 11 is 0. The van der Waals surface area contributed by atoms with Gasteiger partial charge in [0.25, 0.3) is 0 Å². The average Bonchev–Trinajstić information content (AvgIpc) is 3.14. The van der Waals surface area contributed by atoms with E-state index in [4.69, 9.17) is 9.47 Å². The Bertz CT molecular complexity index is 658. The fourth-order valence-electron chi connectivity index (χ4n) is 3.37. The molecule has 0 N–H and O–H groups in total. The zero-order valence-electron chi connectivity index (χ0n) is 12.4. The summed E-state index contributed by atoms with van der Waals surface area (Å²) in [5, 5.41) is 5.52. The van der Waals surface area contributed by atoms with Crippen molar-refractivity contribution >= 4 is 16.8 Å². The van der Waals surface area contributed by atoms with Crippen LogP contribution in [0.3, 0.4) is 0 Å². The number of carbonyl (C=O) groups is 1. The van der Waals surface area contributed by atoms with E-state index in [1.54, 1.807) is 4.68 Å². The maximum Gasteiger partial charge on any atom is 0.245 e. The van der Waals surface area contributed by atoms with Crippen LogP contribution in [-0.4, -0.2) is 59.1 Å².